The maximum Gasteiger partial charge on any atom is 0.142 e. The fraction of sp³-hybridized carbons (Fsp3) is 0.533. The van der Waals surface area contributed by atoms with Gasteiger partial charge in [-0.05, 0) is 17.5 Å². The van der Waals surface area contributed by atoms with E-state index in [2.05, 4.69) is 45.0 Å². The van der Waals surface area contributed by atoms with Gasteiger partial charge < -0.3 is 0 Å². The van der Waals surface area contributed by atoms with E-state index in [1.807, 2.05) is 6.92 Å². The monoisotopic (exact) mass is 216 g/mol. The van der Waals surface area contributed by atoms with E-state index in [4.69, 9.17) is 0 Å². The Bertz CT molecular complexity index is 400. The summed E-state index contributed by atoms with van der Waals surface area (Å²) in [6.07, 6.45) is 1.07. The Labute approximate surface area is 97.9 Å². The Hall–Kier alpha value is -1.11. The van der Waals surface area contributed by atoms with Crippen molar-refractivity contribution in [1.82, 2.24) is 0 Å². The normalized spacial score (nSPS) is 27.6. The van der Waals surface area contributed by atoms with Gasteiger partial charge in [-0.1, -0.05) is 52.0 Å². The molecule has 2 atom stereocenters. The summed E-state index contributed by atoms with van der Waals surface area (Å²) in [6.45, 7) is 8.34. The molecule has 1 aromatic rings. The molecule has 0 aliphatic heterocycles. The van der Waals surface area contributed by atoms with Crippen molar-refractivity contribution in [2.24, 2.45) is 11.3 Å². The van der Waals surface area contributed by atoms with Gasteiger partial charge in [0.05, 0.1) is 0 Å². The Morgan fingerprint density at radius 3 is 2.19 bits per heavy atom. The predicted octanol–water partition coefficient (Wildman–Crippen LogP) is 3.58. The molecule has 1 aliphatic carbocycles. The summed E-state index contributed by atoms with van der Waals surface area (Å²) in [4.78, 5) is 11.8. The van der Waals surface area contributed by atoms with Crippen LogP contribution in [0.3, 0.4) is 0 Å². The predicted molar refractivity (Wildman–Crippen MR) is 66.5 cm³/mol. The third-order valence-electron chi connectivity index (χ3n) is 4.07. The number of carbonyl (C=O) groups is 1. The topological polar surface area (TPSA) is 17.1 Å². The fourth-order valence-corrected chi connectivity index (χ4v) is 3.09. The van der Waals surface area contributed by atoms with Crippen LogP contribution in [-0.4, -0.2) is 5.78 Å². The van der Waals surface area contributed by atoms with E-state index in [1.165, 1.54) is 11.1 Å². The highest BCUT2D eigenvalue weighted by molar-refractivity contribution is 5.94. The van der Waals surface area contributed by atoms with Crippen LogP contribution in [0.5, 0.6) is 0 Å². The lowest BCUT2D eigenvalue weighted by molar-refractivity contribution is -0.145. The van der Waals surface area contributed by atoms with Crippen LogP contribution in [0.25, 0.3) is 0 Å². The van der Waals surface area contributed by atoms with Gasteiger partial charge in [0.15, 0.2) is 0 Å². The third kappa shape index (κ3) is 1.50. The van der Waals surface area contributed by atoms with Gasteiger partial charge in [0.25, 0.3) is 0 Å². The van der Waals surface area contributed by atoms with Crippen LogP contribution in [0.15, 0.2) is 24.3 Å². The van der Waals surface area contributed by atoms with Gasteiger partial charge in [-0.3, -0.25) is 4.79 Å². The zero-order valence-electron chi connectivity index (χ0n) is 10.6. The maximum atomic E-state index is 11.8. The summed E-state index contributed by atoms with van der Waals surface area (Å²) in [5.74, 6) is 0.977. The molecule has 86 valence electrons. The van der Waals surface area contributed by atoms with Crippen molar-refractivity contribution in [1.29, 1.82) is 0 Å². The highest BCUT2D eigenvalue weighted by atomic mass is 16.1. The molecule has 1 fully saturated rings. The van der Waals surface area contributed by atoms with E-state index in [9.17, 15) is 4.79 Å². The number of hydrogen-bond donors (Lipinski definition) is 0. The number of rotatable bonds is 2. The first-order chi connectivity index (χ1) is 7.48. The number of ketones is 1. The zero-order chi connectivity index (χ0) is 11.9. The number of aryl methyl sites for hydroxylation is 1. The molecule has 16 heavy (non-hydrogen) atoms. The SMILES string of the molecule is CCc1ccc(C2C(C)C(=O)C2(C)C)cc1. The Balaban J connectivity index is 2.28. The summed E-state index contributed by atoms with van der Waals surface area (Å²) < 4.78 is 0. The molecule has 2 rings (SSSR count). The largest absolute Gasteiger partial charge is 0.299 e. The van der Waals surface area contributed by atoms with Crippen molar-refractivity contribution in [2.75, 3.05) is 0 Å². The summed E-state index contributed by atoms with van der Waals surface area (Å²) in [5, 5.41) is 0. The van der Waals surface area contributed by atoms with Crippen molar-refractivity contribution < 1.29 is 4.79 Å². The zero-order valence-corrected chi connectivity index (χ0v) is 10.6. The molecule has 1 aliphatic rings. The Kier molecular flexibility index (Phi) is 2.65. The van der Waals surface area contributed by atoms with Gasteiger partial charge in [-0.2, -0.15) is 0 Å². The van der Waals surface area contributed by atoms with Crippen LogP contribution in [-0.2, 0) is 11.2 Å². The van der Waals surface area contributed by atoms with Crippen LogP contribution in [0.4, 0.5) is 0 Å². The first-order valence-corrected chi connectivity index (χ1v) is 6.11. The molecule has 1 aromatic carbocycles. The van der Waals surface area contributed by atoms with Crippen LogP contribution in [0, 0.1) is 11.3 Å². The molecule has 0 radical (unpaired) electrons. The van der Waals surface area contributed by atoms with Crippen molar-refractivity contribution >= 4 is 5.78 Å². The number of benzene rings is 1. The molecule has 1 heteroatoms. The summed E-state index contributed by atoms with van der Waals surface area (Å²) in [5.41, 5.74) is 2.50. The van der Waals surface area contributed by atoms with E-state index < -0.39 is 0 Å². The molecule has 0 heterocycles. The molecule has 0 aromatic heterocycles. The molecule has 1 nitrogen and oxygen atoms in total. The molecule has 0 saturated heterocycles. The average Bonchev–Trinajstić information content (AvgIpc) is 2.29. The molecular formula is C15H20O. The van der Waals surface area contributed by atoms with Crippen molar-refractivity contribution in [3.05, 3.63) is 35.4 Å². The van der Waals surface area contributed by atoms with E-state index >= 15 is 0 Å². The van der Waals surface area contributed by atoms with Gasteiger partial charge in [0, 0.05) is 17.3 Å². The second-order valence-electron chi connectivity index (χ2n) is 5.45. The minimum Gasteiger partial charge on any atom is -0.299 e. The summed E-state index contributed by atoms with van der Waals surface area (Å²) in [6, 6.07) is 8.74. The molecule has 0 amide bonds. The third-order valence-corrected chi connectivity index (χ3v) is 4.07. The quantitative estimate of drug-likeness (QED) is 0.738. The van der Waals surface area contributed by atoms with Crippen molar-refractivity contribution in [3.63, 3.8) is 0 Å². The molecule has 2 unspecified atom stereocenters. The minimum atomic E-state index is -0.173. The van der Waals surface area contributed by atoms with Gasteiger partial charge in [-0.15, -0.1) is 0 Å². The first kappa shape index (κ1) is 11.4. The molecule has 0 N–H and O–H groups in total. The minimum absolute atomic E-state index is 0.173. The Morgan fingerprint density at radius 2 is 1.75 bits per heavy atom. The highest BCUT2D eigenvalue weighted by Crippen LogP contribution is 2.53. The first-order valence-electron chi connectivity index (χ1n) is 6.11. The molecule has 1 saturated carbocycles. The lowest BCUT2D eigenvalue weighted by Gasteiger charge is -2.48. The van der Waals surface area contributed by atoms with Crippen LogP contribution < -0.4 is 0 Å². The van der Waals surface area contributed by atoms with Gasteiger partial charge >= 0.3 is 0 Å². The van der Waals surface area contributed by atoms with E-state index in [0.29, 0.717) is 11.7 Å². The number of carbonyl (C=O) groups excluding carboxylic acids is 1. The smallest absolute Gasteiger partial charge is 0.142 e. The maximum absolute atomic E-state index is 11.8. The average molecular weight is 216 g/mol. The highest BCUT2D eigenvalue weighted by Gasteiger charge is 2.53. The standard InChI is InChI=1S/C15H20O/c1-5-11-6-8-12(9-7-11)13-10(2)14(16)15(13,3)4/h6-10,13H,5H2,1-4H3. The lowest BCUT2D eigenvalue weighted by atomic mass is 9.53. The molecule has 0 spiro atoms. The van der Waals surface area contributed by atoms with Gasteiger partial charge in [0.1, 0.15) is 5.78 Å². The van der Waals surface area contributed by atoms with E-state index in [1.54, 1.807) is 0 Å². The van der Waals surface area contributed by atoms with Crippen LogP contribution in [0.1, 0.15) is 44.7 Å². The Morgan fingerprint density at radius 1 is 1.19 bits per heavy atom. The lowest BCUT2D eigenvalue weighted by Crippen LogP contribution is -2.51. The van der Waals surface area contributed by atoms with Gasteiger partial charge in [-0.25, -0.2) is 0 Å². The van der Waals surface area contributed by atoms with Crippen molar-refractivity contribution in [2.45, 2.75) is 40.0 Å². The van der Waals surface area contributed by atoms with Crippen LogP contribution in [0.2, 0.25) is 0 Å². The second kappa shape index (κ2) is 3.73. The second-order valence-corrected chi connectivity index (χ2v) is 5.45. The molecule has 0 bridgehead atoms. The number of hydrogen-bond acceptors (Lipinski definition) is 1. The molecular weight excluding hydrogens is 196 g/mol. The van der Waals surface area contributed by atoms with E-state index in [-0.39, 0.29) is 11.3 Å². The van der Waals surface area contributed by atoms with Crippen molar-refractivity contribution in [3.8, 4) is 0 Å². The van der Waals surface area contributed by atoms with E-state index in [0.717, 1.165) is 6.42 Å². The van der Waals surface area contributed by atoms with Gasteiger partial charge in [0.2, 0.25) is 0 Å². The summed E-state index contributed by atoms with van der Waals surface area (Å²) >= 11 is 0. The fourth-order valence-electron chi connectivity index (χ4n) is 3.09. The number of Topliss-reactive ketones (excluding diaryl/α,β-unsaturated/α-hetero) is 1. The van der Waals surface area contributed by atoms with Crippen LogP contribution >= 0.6 is 0 Å². The summed E-state index contributed by atoms with van der Waals surface area (Å²) in [7, 11) is 0.